The number of hydrogen-bond donors (Lipinski definition) is 1. The van der Waals surface area contributed by atoms with Crippen LogP contribution in [0.5, 0.6) is 5.75 Å². The molecule has 0 saturated carbocycles. The van der Waals surface area contributed by atoms with Crippen molar-refractivity contribution in [2.75, 3.05) is 11.9 Å². The number of rotatable bonds is 6. The minimum absolute atomic E-state index is 0.0663. The minimum Gasteiger partial charge on any atom is -0.490 e. The van der Waals surface area contributed by atoms with Crippen LogP contribution in [-0.4, -0.2) is 17.5 Å². The molecule has 0 saturated heterocycles. The van der Waals surface area contributed by atoms with Gasteiger partial charge in [0.2, 0.25) is 0 Å². The third-order valence-electron chi connectivity index (χ3n) is 4.03. The summed E-state index contributed by atoms with van der Waals surface area (Å²) in [5, 5.41) is 3.44. The van der Waals surface area contributed by atoms with E-state index in [0.717, 1.165) is 16.6 Å². The van der Waals surface area contributed by atoms with Gasteiger partial charge in [0, 0.05) is 23.1 Å². The van der Waals surface area contributed by atoms with Gasteiger partial charge in [-0.1, -0.05) is 12.1 Å². The van der Waals surface area contributed by atoms with E-state index in [1.807, 2.05) is 19.1 Å². The van der Waals surface area contributed by atoms with E-state index in [1.165, 1.54) is 12.1 Å². The zero-order valence-electron chi connectivity index (χ0n) is 15.0. The summed E-state index contributed by atoms with van der Waals surface area (Å²) in [4.78, 5) is 16.9. The number of nitrogens with zero attached hydrogens (tertiary/aromatic N) is 1. The smallest absolute Gasteiger partial charge is 0.255 e. The van der Waals surface area contributed by atoms with E-state index >= 15 is 0 Å². The van der Waals surface area contributed by atoms with Crippen LogP contribution in [-0.2, 0) is 0 Å². The fourth-order valence-electron chi connectivity index (χ4n) is 2.64. The van der Waals surface area contributed by atoms with Gasteiger partial charge in [-0.3, -0.25) is 9.78 Å². The van der Waals surface area contributed by atoms with Crippen LogP contribution in [0.4, 0.5) is 10.1 Å². The van der Waals surface area contributed by atoms with Crippen molar-refractivity contribution in [2.24, 2.45) is 0 Å². The SMILES string of the molecule is C#CCCCOc1cccc(NC(=O)c2ccc3nc(C)ccc3c2)c1F. The second-order valence-corrected chi connectivity index (χ2v) is 6.09. The average Bonchev–Trinajstić information content (AvgIpc) is 2.67. The number of aryl methyl sites for hydroxylation is 1. The van der Waals surface area contributed by atoms with Crippen molar-refractivity contribution in [3.63, 3.8) is 0 Å². The van der Waals surface area contributed by atoms with Crippen molar-refractivity contribution < 1.29 is 13.9 Å². The van der Waals surface area contributed by atoms with Crippen LogP contribution in [0.25, 0.3) is 10.9 Å². The summed E-state index contributed by atoms with van der Waals surface area (Å²) >= 11 is 0. The fourth-order valence-corrected chi connectivity index (χ4v) is 2.64. The maximum absolute atomic E-state index is 14.6. The first-order valence-corrected chi connectivity index (χ1v) is 8.62. The molecule has 4 nitrogen and oxygen atoms in total. The maximum Gasteiger partial charge on any atom is 0.255 e. The largest absolute Gasteiger partial charge is 0.490 e. The predicted molar refractivity (Wildman–Crippen MR) is 104 cm³/mol. The Morgan fingerprint density at radius 3 is 2.93 bits per heavy atom. The summed E-state index contributed by atoms with van der Waals surface area (Å²) in [5.74, 6) is 1.58. The number of amides is 1. The van der Waals surface area contributed by atoms with Gasteiger partial charge in [0.25, 0.3) is 5.91 Å². The zero-order chi connectivity index (χ0) is 19.2. The first-order chi connectivity index (χ1) is 13.1. The Morgan fingerprint density at radius 2 is 2.11 bits per heavy atom. The predicted octanol–water partition coefficient (Wildman–Crippen LogP) is 4.73. The third-order valence-corrected chi connectivity index (χ3v) is 4.03. The van der Waals surface area contributed by atoms with Crippen LogP contribution in [0.2, 0.25) is 0 Å². The fraction of sp³-hybridized carbons (Fsp3) is 0.182. The number of nitrogens with one attached hydrogen (secondary N) is 1. The molecule has 1 heterocycles. The number of unbranched alkanes of at least 4 members (excludes halogenated alkanes) is 1. The van der Waals surface area contributed by atoms with E-state index in [-0.39, 0.29) is 11.4 Å². The van der Waals surface area contributed by atoms with Crippen molar-refractivity contribution in [3.8, 4) is 18.1 Å². The molecule has 136 valence electrons. The molecule has 3 aromatic rings. The van der Waals surface area contributed by atoms with Crippen LogP contribution >= 0.6 is 0 Å². The summed E-state index contributed by atoms with van der Waals surface area (Å²) < 4.78 is 20.0. The first-order valence-electron chi connectivity index (χ1n) is 8.62. The molecule has 27 heavy (non-hydrogen) atoms. The van der Waals surface area contributed by atoms with E-state index in [9.17, 15) is 9.18 Å². The topological polar surface area (TPSA) is 51.2 Å². The second-order valence-electron chi connectivity index (χ2n) is 6.09. The lowest BCUT2D eigenvalue weighted by atomic mass is 10.1. The van der Waals surface area contributed by atoms with Crippen LogP contribution in [0.15, 0.2) is 48.5 Å². The normalized spacial score (nSPS) is 10.4. The molecule has 0 atom stereocenters. The number of pyridine rings is 1. The van der Waals surface area contributed by atoms with E-state index < -0.39 is 11.7 Å². The monoisotopic (exact) mass is 362 g/mol. The van der Waals surface area contributed by atoms with Gasteiger partial charge in [0.05, 0.1) is 17.8 Å². The summed E-state index contributed by atoms with van der Waals surface area (Å²) in [5.41, 5.74) is 2.20. The number of carbonyl (C=O) groups excluding carboxylic acids is 1. The molecule has 0 radical (unpaired) electrons. The Labute approximate surface area is 157 Å². The lowest BCUT2D eigenvalue weighted by Crippen LogP contribution is -2.13. The molecular weight excluding hydrogens is 343 g/mol. The summed E-state index contributed by atoms with van der Waals surface area (Å²) in [7, 11) is 0. The van der Waals surface area contributed by atoms with Crippen LogP contribution in [0.1, 0.15) is 28.9 Å². The molecule has 0 unspecified atom stereocenters. The van der Waals surface area contributed by atoms with Gasteiger partial charge in [-0.05, 0) is 49.7 Å². The molecule has 0 fully saturated rings. The molecule has 3 rings (SSSR count). The van der Waals surface area contributed by atoms with E-state index in [1.54, 1.807) is 24.3 Å². The van der Waals surface area contributed by atoms with Gasteiger partial charge < -0.3 is 10.1 Å². The number of ether oxygens (including phenoxy) is 1. The molecule has 0 bridgehead atoms. The van der Waals surface area contributed by atoms with Crippen molar-refractivity contribution in [1.82, 2.24) is 4.98 Å². The standard InChI is InChI=1S/C22H19FN2O2/c1-3-4-5-13-27-20-8-6-7-19(21(20)23)25-22(26)17-11-12-18-16(14-17)10-9-15(2)24-18/h1,6-12,14H,4-5,13H2,2H3,(H,25,26). The van der Waals surface area contributed by atoms with Gasteiger partial charge in [-0.15, -0.1) is 12.3 Å². The molecule has 5 heteroatoms. The Balaban J connectivity index is 1.76. The third kappa shape index (κ3) is 4.42. The number of aromatic nitrogens is 1. The highest BCUT2D eigenvalue weighted by Gasteiger charge is 2.13. The number of terminal acetylenes is 1. The number of anilines is 1. The number of halogens is 1. The van der Waals surface area contributed by atoms with Crippen molar-refractivity contribution in [1.29, 1.82) is 0 Å². The van der Waals surface area contributed by atoms with E-state index in [2.05, 4.69) is 16.2 Å². The lowest BCUT2D eigenvalue weighted by Gasteiger charge is -2.11. The number of carbonyl (C=O) groups is 1. The van der Waals surface area contributed by atoms with Gasteiger partial charge in [-0.25, -0.2) is 4.39 Å². The van der Waals surface area contributed by atoms with Crippen molar-refractivity contribution >= 4 is 22.5 Å². The van der Waals surface area contributed by atoms with Gasteiger partial charge >= 0.3 is 0 Å². The molecule has 1 aromatic heterocycles. The van der Waals surface area contributed by atoms with E-state index in [0.29, 0.717) is 25.0 Å². The van der Waals surface area contributed by atoms with Crippen LogP contribution < -0.4 is 10.1 Å². The molecule has 2 aromatic carbocycles. The minimum atomic E-state index is -0.607. The number of fused-ring (bicyclic) bond motifs is 1. The summed E-state index contributed by atoms with van der Waals surface area (Å²) in [6.07, 6.45) is 6.38. The second kappa shape index (κ2) is 8.33. The first kappa shape index (κ1) is 18.4. The zero-order valence-corrected chi connectivity index (χ0v) is 15.0. The average molecular weight is 362 g/mol. The highest BCUT2D eigenvalue weighted by atomic mass is 19.1. The Kier molecular flexibility index (Phi) is 5.68. The summed E-state index contributed by atoms with van der Waals surface area (Å²) in [6.45, 7) is 2.22. The van der Waals surface area contributed by atoms with Gasteiger partial charge in [0.1, 0.15) is 0 Å². The van der Waals surface area contributed by atoms with Crippen LogP contribution in [0, 0.1) is 25.1 Å². The molecule has 0 aliphatic heterocycles. The summed E-state index contributed by atoms with van der Waals surface area (Å²) in [6, 6.07) is 13.6. The van der Waals surface area contributed by atoms with Crippen LogP contribution in [0.3, 0.4) is 0 Å². The maximum atomic E-state index is 14.6. The Hall–Kier alpha value is -3.39. The Bertz CT molecular complexity index is 1020. The molecule has 0 spiro atoms. The van der Waals surface area contributed by atoms with E-state index in [4.69, 9.17) is 11.2 Å². The molecule has 1 N–H and O–H groups in total. The van der Waals surface area contributed by atoms with Gasteiger partial charge in [0.15, 0.2) is 11.6 Å². The molecule has 1 amide bonds. The lowest BCUT2D eigenvalue weighted by molar-refractivity contribution is 0.102. The quantitative estimate of drug-likeness (QED) is 0.510. The van der Waals surface area contributed by atoms with Crippen molar-refractivity contribution in [3.05, 3.63) is 65.6 Å². The Morgan fingerprint density at radius 1 is 1.26 bits per heavy atom. The highest BCUT2D eigenvalue weighted by Crippen LogP contribution is 2.25. The van der Waals surface area contributed by atoms with Gasteiger partial charge in [-0.2, -0.15) is 0 Å². The number of benzene rings is 2. The number of hydrogen-bond acceptors (Lipinski definition) is 3. The molecule has 0 aliphatic carbocycles. The highest BCUT2D eigenvalue weighted by molar-refractivity contribution is 6.06. The van der Waals surface area contributed by atoms with Crippen molar-refractivity contribution in [2.45, 2.75) is 19.8 Å². The molecule has 0 aliphatic rings. The molecular formula is C22H19FN2O2.